The zero-order valence-electron chi connectivity index (χ0n) is 15.4. The number of carboxylic acid groups (broad SMARTS) is 1. The van der Waals surface area contributed by atoms with Gasteiger partial charge in [0.1, 0.15) is 5.82 Å². The van der Waals surface area contributed by atoms with Gasteiger partial charge in [-0.25, -0.2) is 9.18 Å². The molecule has 2 aromatic rings. The van der Waals surface area contributed by atoms with Crippen molar-refractivity contribution in [1.82, 2.24) is 9.88 Å². The molecule has 28 heavy (non-hydrogen) atoms. The maximum Gasteiger partial charge on any atom is 0.511 e. The number of nitrogens with zero attached hydrogens (tertiary/aromatic N) is 2. The fraction of sp³-hybridized carbons (Fsp3) is 0.500. The highest BCUT2D eigenvalue weighted by molar-refractivity contribution is 5.85. The fourth-order valence-electron chi connectivity index (χ4n) is 4.64. The quantitative estimate of drug-likeness (QED) is 0.788. The zero-order chi connectivity index (χ0) is 19.4. The lowest BCUT2D eigenvalue weighted by Gasteiger charge is -2.24. The van der Waals surface area contributed by atoms with E-state index < -0.39 is 17.4 Å². The largest absolute Gasteiger partial charge is 0.511 e. The van der Waals surface area contributed by atoms with Gasteiger partial charge in [0, 0.05) is 25.2 Å². The molecule has 3 aliphatic rings. The van der Waals surface area contributed by atoms with E-state index in [4.69, 9.17) is 5.11 Å². The van der Waals surface area contributed by atoms with Gasteiger partial charge in [0.15, 0.2) is 5.75 Å². The molecule has 1 aromatic carbocycles. The smallest absolute Gasteiger partial charge is 0.449 e. The van der Waals surface area contributed by atoms with Crippen molar-refractivity contribution in [2.45, 2.75) is 37.8 Å². The van der Waals surface area contributed by atoms with Crippen molar-refractivity contribution in [3.63, 3.8) is 0 Å². The molecule has 1 aromatic heterocycles. The van der Waals surface area contributed by atoms with Gasteiger partial charge in [0.25, 0.3) is 0 Å². The van der Waals surface area contributed by atoms with E-state index in [-0.39, 0.29) is 17.2 Å². The van der Waals surface area contributed by atoms with E-state index >= 15 is 4.39 Å². The Morgan fingerprint density at radius 3 is 2.79 bits per heavy atom. The summed E-state index contributed by atoms with van der Waals surface area (Å²) in [6.45, 7) is 2.55. The number of hydrogen-bond acceptors (Lipinski definition) is 5. The Labute approximate surface area is 160 Å². The second-order valence-electron chi connectivity index (χ2n) is 8.02. The molecule has 5 rings (SSSR count). The first-order chi connectivity index (χ1) is 13.5. The predicted molar refractivity (Wildman–Crippen MR) is 102 cm³/mol. The zero-order valence-corrected chi connectivity index (χ0v) is 15.4. The second-order valence-corrected chi connectivity index (χ2v) is 8.02. The van der Waals surface area contributed by atoms with E-state index in [0.29, 0.717) is 23.2 Å². The molecule has 2 N–H and O–H groups in total. The Morgan fingerprint density at radius 2 is 2.07 bits per heavy atom. The molecule has 8 heteroatoms. The molecule has 3 heterocycles. The van der Waals surface area contributed by atoms with Crippen LogP contribution in [0.25, 0.3) is 10.9 Å². The minimum absolute atomic E-state index is 0.154. The number of benzene rings is 1. The van der Waals surface area contributed by atoms with Crippen molar-refractivity contribution in [3.05, 3.63) is 34.4 Å². The minimum atomic E-state index is -1.55. The first kappa shape index (κ1) is 17.5. The molecular weight excluding hydrogens is 365 g/mol. The van der Waals surface area contributed by atoms with Crippen LogP contribution >= 0.6 is 0 Å². The van der Waals surface area contributed by atoms with Crippen LogP contribution < -0.4 is 20.4 Å². The minimum Gasteiger partial charge on any atom is -0.449 e. The van der Waals surface area contributed by atoms with Gasteiger partial charge in [0.2, 0.25) is 5.43 Å². The topological polar surface area (TPSA) is 83.8 Å². The average Bonchev–Trinajstić information content (AvgIpc) is 3.41. The summed E-state index contributed by atoms with van der Waals surface area (Å²) in [6.07, 6.45) is 4.06. The lowest BCUT2D eigenvalue weighted by Crippen LogP contribution is -2.40. The third-order valence-electron chi connectivity index (χ3n) is 6.15. The standard InChI is InChI=1S/C20H22FN3O4/c21-14-6-13-16(7-17(14)23-8-11-2-1-5-22-15(11)9-23)24(12-3-4-12)10-18(19(13)25)28-20(26)27/h6-7,10-12,15,22H,1-5,8-9H2,(H,26,27)/t11-,15+/m1/s1. The molecule has 2 saturated heterocycles. The monoisotopic (exact) mass is 387 g/mol. The fourth-order valence-corrected chi connectivity index (χ4v) is 4.64. The van der Waals surface area contributed by atoms with E-state index in [0.717, 1.165) is 45.3 Å². The van der Waals surface area contributed by atoms with Gasteiger partial charge in [-0.15, -0.1) is 0 Å². The summed E-state index contributed by atoms with van der Waals surface area (Å²) in [5.74, 6) is -0.227. The number of piperidine rings is 1. The van der Waals surface area contributed by atoms with Crippen molar-refractivity contribution >= 4 is 22.7 Å². The van der Waals surface area contributed by atoms with Gasteiger partial charge in [0.05, 0.1) is 22.8 Å². The normalized spacial score (nSPS) is 24.4. The van der Waals surface area contributed by atoms with Crippen LogP contribution in [-0.4, -0.2) is 41.5 Å². The maximum absolute atomic E-state index is 15.0. The summed E-state index contributed by atoms with van der Waals surface area (Å²) in [6, 6.07) is 3.53. The molecule has 0 bridgehead atoms. The number of hydrogen-bond donors (Lipinski definition) is 2. The van der Waals surface area contributed by atoms with Crippen LogP contribution in [0.3, 0.4) is 0 Å². The van der Waals surface area contributed by atoms with Crippen LogP contribution in [0.15, 0.2) is 23.1 Å². The van der Waals surface area contributed by atoms with Crippen LogP contribution in [0.4, 0.5) is 14.9 Å². The van der Waals surface area contributed by atoms with Gasteiger partial charge in [-0.2, -0.15) is 0 Å². The van der Waals surface area contributed by atoms with E-state index in [1.807, 2.05) is 4.57 Å². The Balaban J connectivity index is 1.61. The summed E-state index contributed by atoms with van der Waals surface area (Å²) in [4.78, 5) is 25.6. The van der Waals surface area contributed by atoms with Crippen molar-refractivity contribution in [3.8, 4) is 5.75 Å². The Morgan fingerprint density at radius 1 is 1.25 bits per heavy atom. The van der Waals surface area contributed by atoms with E-state index in [2.05, 4.69) is 15.0 Å². The van der Waals surface area contributed by atoms with E-state index in [9.17, 15) is 9.59 Å². The van der Waals surface area contributed by atoms with Crippen LogP contribution in [-0.2, 0) is 0 Å². The van der Waals surface area contributed by atoms with Gasteiger partial charge in [-0.1, -0.05) is 0 Å². The van der Waals surface area contributed by atoms with Crippen LogP contribution in [0.1, 0.15) is 31.7 Å². The van der Waals surface area contributed by atoms with Gasteiger partial charge in [-0.05, 0) is 50.3 Å². The highest BCUT2D eigenvalue weighted by Crippen LogP contribution is 2.39. The summed E-state index contributed by atoms with van der Waals surface area (Å²) >= 11 is 0. The van der Waals surface area contributed by atoms with Crippen LogP contribution in [0.5, 0.6) is 5.75 Å². The van der Waals surface area contributed by atoms with Crippen LogP contribution in [0.2, 0.25) is 0 Å². The third kappa shape index (κ3) is 2.92. The molecular formula is C20H22FN3O4. The summed E-state index contributed by atoms with van der Waals surface area (Å²) in [7, 11) is 0. The molecule has 0 spiro atoms. The number of ether oxygens (including phenoxy) is 1. The van der Waals surface area contributed by atoms with Gasteiger partial charge >= 0.3 is 6.16 Å². The molecule has 2 aliphatic heterocycles. The SMILES string of the molecule is O=C(O)Oc1cn(C2CC2)c2cc(N3C[C@H]4CCCN[C@H]4C3)c(F)cc2c1=O. The molecule has 0 amide bonds. The molecule has 2 atom stereocenters. The van der Waals surface area contributed by atoms with Crippen molar-refractivity contribution in [2.24, 2.45) is 5.92 Å². The molecule has 148 valence electrons. The number of carbonyl (C=O) groups is 1. The first-order valence-electron chi connectivity index (χ1n) is 9.79. The number of pyridine rings is 1. The third-order valence-corrected chi connectivity index (χ3v) is 6.15. The predicted octanol–water partition coefficient (Wildman–Crippen LogP) is 2.72. The number of rotatable bonds is 3. The molecule has 0 unspecified atom stereocenters. The number of fused-ring (bicyclic) bond motifs is 2. The highest BCUT2D eigenvalue weighted by Gasteiger charge is 2.36. The van der Waals surface area contributed by atoms with Crippen molar-refractivity contribution in [2.75, 3.05) is 24.5 Å². The molecule has 0 radical (unpaired) electrons. The highest BCUT2D eigenvalue weighted by atomic mass is 19.1. The van der Waals surface area contributed by atoms with E-state index in [1.165, 1.54) is 12.3 Å². The molecule has 1 saturated carbocycles. The van der Waals surface area contributed by atoms with Crippen LogP contribution in [0, 0.1) is 11.7 Å². The number of nitrogens with one attached hydrogen (secondary N) is 1. The Hall–Kier alpha value is -2.61. The molecule has 3 fully saturated rings. The average molecular weight is 387 g/mol. The van der Waals surface area contributed by atoms with E-state index in [1.54, 1.807) is 6.07 Å². The Kier molecular flexibility index (Phi) is 4.04. The Bertz CT molecular complexity index is 1000. The van der Waals surface area contributed by atoms with Crippen molar-refractivity contribution in [1.29, 1.82) is 0 Å². The number of aromatic nitrogens is 1. The molecule has 7 nitrogen and oxygen atoms in total. The second kappa shape index (κ2) is 6.48. The lowest BCUT2D eigenvalue weighted by molar-refractivity contribution is 0.143. The van der Waals surface area contributed by atoms with Gasteiger partial charge in [-0.3, -0.25) is 4.79 Å². The van der Waals surface area contributed by atoms with Gasteiger partial charge < -0.3 is 24.6 Å². The molecule has 1 aliphatic carbocycles. The summed E-state index contributed by atoms with van der Waals surface area (Å²) in [5.41, 5.74) is 0.533. The first-order valence-corrected chi connectivity index (χ1v) is 9.79. The van der Waals surface area contributed by atoms with Crippen molar-refractivity contribution < 1.29 is 19.0 Å². The summed E-state index contributed by atoms with van der Waals surface area (Å²) < 4.78 is 21.5. The number of halogens is 1. The lowest BCUT2D eigenvalue weighted by atomic mass is 9.94. The number of anilines is 1. The summed E-state index contributed by atoms with van der Waals surface area (Å²) in [5, 5.41) is 12.6. The maximum atomic E-state index is 15.0.